The zero-order chi connectivity index (χ0) is 17.7. The number of piperidine rings is 1. The van der Waals surface area contributed by atoms with E-state index in [1.165, 1.54) is 0 Å². The maximum Gasteiger partial charge on any atom is 0.408 e. The van der Waals surface area contributed by atoms with Crippen LogP contribution in [0.4, 0.5) is 4.79 Å². The molecule has 0 spiro atoms. The minimum atomic E-state index is -2.19. The van der Waals surface area contributed by atoms with Crippen molar-refractivity contribution in [2.75, 3.05) is 13.1 Å². The molecule has 1 heterocycles. The van der Waals surface area contributed by atoms with Crippen molar-refractivity contribution in [3.05, 3.63) is 0 Å². The Balaban J connectivity index is 1.97. The molecular formula is C17H34N2O3Si. The number of fused-ring (bicyclic) bond motifs is 1. The van der Waals surface area contributed by atoms with Crippen LogP contribution in [0.5, 0.6) is 0 Å². The van der Waals surface area contributed by atoms with Gasteiger partial charge in [0.15, 0.2) is 8.32 Å². The lowest BCUT2D eigenvalue weighted by molar-refractivity contribution is 0.0489. The fourth-order valence-electron chi connectivity index (χ4n) is 3.52. The van der Waals surface area contributed by atoms with E-state index < -0.39 is 13.9 Å². The van der Waals surface area contributed by atoms with Gasteiger partial charge in [0.1, 0.15) is 5.60 Å². The van der Waals surface area contributed by atoms with Gasteiger partial charge in [0.05, 0.1) is 5.54 Å². The van der Waals surface area contributed by atoms with Gasteiger partial charge in [-0.2, -0.15) is 0 Å². The highest BCUT2D eigenvalue weighted by atomic mass is 28.4. The van der Waals surface area contributed by atoms with Crippen molar-refractivity contribution in [2.45, 2.75) is 83.2 Å². The van der Waals surface area contributed by atoms with Crippen molar-refractivity contribution in [1.29, 1.82) is 0 Å². The first-order valence-electron chi connectivity index (χ1n) is 8.66. The first-order chi connectivity index (χ1) is 10.2. The van der Waals surface area contributed by atoms with Gasteiger partial charge in [-0.15, -0.1) is 0 Å². The van der Waals surface area contributed by atoms with Gasteiger partial charge in [-0.05, 0) is 58.2 Å². The number of hydrogen-bond acceptors (Lipinski definition) is 4. The Morgan fingerprint density at radius 3 is 2.39 bits per heavy atom. The third-order valence-corrected chi connectivity index (χ3v) is 9.61. The van der Waals surface area contributed by atoms with Crippen LogP contribution in [0.3, 0.4) is 0 Å². The molecule has 1 aliphatic carbocycles. The third-order valence-electron chi connectivity index (χ3n) is 6.05. The molecular weight excluding hydrogens is 308 g/mol. The molecule has 0 radical (unpaired) electrons. The van der Waals surface area contributed by atoms with Crippen LogP contribution in [0.2, 0.25) is 18.1 Å². The lowest BCUT2D eigenvalue weighted by Gasteiger charge is -2.36. The fourth-order valence-corrected chi connectivity index (χ4v) is 4.26. The van der Waals surface area contributed by atoms with Crippen LogP contribution in [0, 0.1) is 5.41 Å². The normalized spacial score (nSPS) is 30.8. The van der Waals surface area contributed by atoms with Crippen LogP contribution >= 0.6 is 0 Å². The standard InChI is InChI=1S/C17H34N2O3Si/c1-14(2,3)22-13(20)19-17-10-16(17,11-18-12-17)9-8-15(4,5)23(6,7)21/h18,21H,8-12H2,1-7H3,(H,19,20). The molecule has 134 valence electrons. The van der Waals surface area contributed by atoms with E-state index in [1.807, 2.05) is 33.9 Å². The van der Waals surface area contributed by atoms with Crippen molar-refractivity contribution >= 4 is 14.4 Å². The molecule has 5 nitrogen and oxygen atoms in total. The third kappa shape index (κ3) is 3.74. The van der Waals surface area contributed by atoms with Crippen molar-refractivity contribution in [3.8, 4) is 0 Å². The van der Waals surface area contributed by atoms with E-state index in [2.05, 4.69) is 24.5 Å². The molecule has 6 heteroatoms. The second kappa shape index (κ2) is 5.46. The lowest BCUT2D eigenvalue weighted by atomic mass is 9.92. The number of carbonyl (C=O) groups is 1. The maximum atomic E-state index is 12.2. The average Bonchev–Trinajstić information content (AvgIpc) is 2.78. The molecule has 1 amide bonds. The predicted octanol–water partition coefficient (Wildman–Crippen LogP) is 3.00. The smallest absolute Gasteiger partial charge is 0.408 e. The van der Waals surface area contributed by atoms with Gasteiger partial charge in [0.25, 0.3) is 0 Å². The van der Waals surface area contributed by atoms with Crippen LogP contribution < -0.4 is 10.6 Å². The molecule has 2 aliphatic rings. The maximum absolute atomic E-state index is 12.2. The molecule has 2 unspecified atom stereocenters. The summed E-state index contributed by atoms with van der Waals surface area (Å²) in [6.07, 6.45) is 2.71. The van der Waals surface area contributed by atoms with Crippen LogP contribution in [0.25, 0.3) is 0 Å². The van der Waals surface area contributed by atoms with Crippen molar-refractivity contribution in [3.63, 3.8) is 0 Å². The summed E-state index contributed by atoms with van der Waals surface area (Å²) in [7, 11) is -2.19. The summed E-state index contributed by atoms with van der Waals surface area (Å²) in [6, 6.07) is 0. The average molecular weight is 343 g/mol. The minimum absolute atomic E-state index is 0.0232. The SMILES string of the molecule is CC(C)(C)OC(=O)NC12CNCC1(CCC(C)(C)[Si](C)(C)O)C2. The molecule has 0 aromatic carbocycles. The summed E-state index contributed by atoms with van der Waals surface area (Å²) in [5.41, 5.74) is -0.508. The minimum Gasteiger partial charge on any atom is -0.444 e. The molecule has 0 bridgehead atoms. The Kier molecular flexibility index (Phi) is 4.45. The highest BCUT2D eigenvalue weighted by Crippen LogP contribution is 2.63. The molecule has 0 aromatic rings. The monoisotopic (exact) mass is 342 g/mol. The van der Waals surface area contributed by atoms with E-state index in [4.69, 9.17) is 4.74 Å². The summed E-state index contributed by atoms with van der Waals surface area (Å²) < 4.78 is 5.43. The summed E-state index contributed by atoms with van der Waals surface area (Å²) in [4.78, 5) is 22.6. The molecule has 1 saturated heterocycles. The van der Waals surface area contributed by atoms with Gasteiger partial charge < -0.3 is 20.2 Å². The molecule has 0 aromatic heterocycles. The molecule has 2 fully saturated rings. The number of rotatable bonds is 5. The Labute approximate surface area is 141 Å². The van der Waals surface area contributed by atoms with Crippen LogP contribution in [-0.2, 0) is 4.74 Å². The largest absolute Gasteiger partial charge is 0.444 e. The number of carbonyl (C=O) groups excluding carboxylic acids is 1. The number of hydrogen-bond donors (Lipinski definition) is 3. The van der Waals surface area contributed by atoms with Crippen molar-refractivity contribution in [1.82, 2.24) is 10.6 Å². The van der Waals surface area contributed by atoms with Gasteiger partial charge in [-0.3, -0.25) is 0 Å². The van der Waals surface area contributed by atoms with E-state index in [0.29, 0.717) is 0 Å². The molecule has 1 aliphatic heterocycles. The Morgan fingerprint density at radius 2 is 1.87 bits per heavy atom. The van der Waals surface area contributed by atoms with Crippen LogP contribution in [0.15, 0.2) is 0 Å². The summed E-state index contributed by atoms with van der Waals surface area (Å²) in [5, 5.41) is 6.53. The van der Waals surface area contributed by atoms with Gasteiger partial charge in [0, 0.05) is 18.5 Å². The number of alkyl carbamates (subject to hydrolysis) is 1. The van der Waals surface area contributed by atoms with Crippen molar-refractivity contribution < 1.29 is 14.3 Å². The second-order valence-electron chi connectivity index (χ2n) is 9.71. The quantitative estimate of drug-likeness (QED) is 0.672. The summed E-state index contributed by atoms with van der Waals surface area (Å²) >= 11 is 0. The van der Waals surface area contributed by atoms with E-state index in [1.54, 1.807) is 0 Å². The van der Waals surface area contributed by atoms with E-state index in [0.717, 1.165) is 32.4 Å². The topological polar surface area (TPSA) is 70.6 Å². The highest BCUT2D eigenvalue weighted by molar-refractivity contribution is 6.72. The first kappa shape index (κ1) is 18.7. The molecule has 2 atom stereocenters. The first-order valence-corrected chi connectivity index (χ1v) is 11.6. The summed E-state index contributed by atoms with van der Waals surface area (Å²) in [5.74, 6) is 0. The molecule has 1 saturated carbocycles. The zero-order valence-electron chi connectivity index (χ0n) is 15.8. The Morgan fingerprint density at radius 1 is 1.26 bits per heavy atom. The van der Waals surface area contributed by atoms with Crippen LogP contribution in [0.1, 0.15) is 53.9 Å². The van der Waals surface area contributed by atoms with Gasteiger partial charge >= 0.3 is 6.09 Å². The van der Waals surface area contributed by atoms with Gasteiger partial charge in [-0.1, -0.05) is 13.8 Å². The highest BCUT2D eigenvalue weighted by Gasteiger charge is 2.70. The van der Waals surface area contributed by atoms with E-state index in [9.17, 15) is 9.59 Å². The number of ether oxygens (including phenoxy) is 1. The predicted molar refractivity (Wildman–Crippen MR) is 95.0 cm³/mol. The second-order valence-corrected chi connectivity index (χ2v) is 14.2. The molecule has 23 heavy (non-hydrogen) atoms. The zero-order valence-corrected chi connectivity index (χ0v) is 16.8. The van der Waals surface area contributed by atoms with Crippen molar-refractivity contribution in [2.24, 2.45) is 5.41 Å². The molecule has 2 rings (SSSR count). The Bertz CT molecular complexity index is 481. The van der Waals surface area contributed by atoms with E-state index >= 15 is 0 Å². The van der Waals surface area contributed by atoms with Crippen LogP contribution in [-0.4, -0.2) is 43.4 Å². The summed E-state index contributed by atoms with van der Waals surface area (Å²) in [6.45, 7) is 15.8. The lowest BCUT2D eigenvalue weighted by Crippen LogP contribution is -2.45. The number of nitrogens with one attached hydrogen (secondary N) is 2. The molecule has 3 N–H and O–H groups in total. The Hall–Kier alpha value is -0.593. The number of amides is 1. The van der Waals surface area contributed by atoms with E-state index in [-0.39, 0.29) is 22.1 Å². The van der Waals surface area contributed by atoms with Gasteiger partial charge in [0.2, 0.25) is 0 Å². The fraction of sp³-hybridized carbons (Fsp3) is 0.941. The van der Waals surface area contributed by atoms with Gasteiger partial charge in [-0.25, -0.2) is 4.79 Å².